The third-order valence-electron chi connectivity index (χ3n) is 3.44. The zero-order valence-electron chi connectivity index (χ0n) is 11.7. The Morgan fingerprint density at radius 2 is 2.19 bits per heavy atom. The molecule has 1 aromatic carbocycles. The van der Waals surface area contributed by atoms with Gasteiger partial charge in [-0.2, -0.15) is 11.8 Å². The highest BCUT2D eigenvalue weighted by Gasteiger charge is 2.19. The van der Waals surface area contributed by atoms with Crippen LogP contribution in [0.1, 0.15) is 32.6 Å². The molecule has 0 amide bonds. The Bertz CT molecular complexity index is 616. The fraction of sp³-hybridized carbons (Fsp3) is 0.375. The smallest absolute Gasteiger partial charge is 0.133 e. The van der Waals surface area contributed by atoms with E-state index in [1.165, 1.54) is 33.9 Å². The monoisotopic (exact) mass is 446 g/mol. The summed E-state index contributed by atoms with van der Waals surface area (Å²) in [6.45, 7) is 2.69. The van der Waals surface area contributed by atoms with Gasteiger partial charge in [0.15, 0.2) is 0 Å². The van der Waals surface area contributed by atoms with Crippen molar-refractivity contribution < 1.29 is 4.74 Å². The van der Waals surface area contributed by atoms with Crippen molar-refractivity contribution in [1.82, 2.24) is 0 Å². The van der Waals surface area contributed by atoms with E-state index in [1.54, 1.807) is 4.88 Å². The maximum absolute atomic E-state index is 5.58. The van der Waals surface area contributed by atoms with Crippen molar-refractivity contribution in [3.63, 3.8) is 0 Å². The highest BCUT2D eigenvalue weighted by molar-refractivity contribution is 9.10. The van der Waals surface area contributed by atoms with E-state index in [0.29, 0.717) is 6.61 Å². The molecule has 1 aliphatic rings. The molecule has 0 N–H and O–H groups in total. The number of thioether (sulfide) groups is 1. The number of halogens is 2. The Hall–Kier alpha value is 0.0300. The number of aryl methyl sites for hydroxylation is 1. The molecule has 1 unspecified atom stereocenters. The van der Waals surface area contributed by atoms with Crippen molar-refractivity contribution in [2.24, 2.45) is 0 Å². The van der Waals surface area contributed by atoms with Gasteiger partial charge in [-0.15, -0.1) is 11.3 Å². The Kier molecular flexibility index (Phi) is 5.36. The van der Waals surface area contributed by atoms with Gasteiger partial charge in [0.1, 0.15) is 5.75 Å². The van der Waals surface area contributed by atoms with Crippen LogP contribution >= 0.6 is 55.0 Å². The topological polar surface area (TPSA) is 9.23 Å². The number of hydrogen-bond donors (Lipinski definition) is 0. The summed E-state index contributed by atoms with van der Waals surface area (Å²) in [6.07, 6.45) is 1.22. The Labute approximate surface area is 150 Å². The molecule has 0 bridgehead atoms. The Balaban J connectivity index is 1.86. The SMILES string of the molecule is CCOc1ccc(C(Br)c2cc3c(s2)CCSC3)cc1Br. The second-order valence-electron chi connectivity index (χ2n) is 4.89. The molecular weight excluding hydrogens is 432 g/mol. The largest absolute Gasteiger partial charge is 0.493 e. The van der Waals surface area contributed by atoms with Crippen molar-refractivity contribution in [3.8, 4) is 5.75 Å². The van der Waals surface area contributed by atoms with Crippen LogP contribution in [0.2, 0.25) is 0 Å². The minimum absolute atomic E-state index is 0.255. The minimum atomic E-state index is 0.255. The first kappa shape index (κ1) is 15.9. The Morgan fingerprint density at radius 1 is 1.33 bits per heavy atom. The van der Waals surface area contributed by atoms with Crippen molar-refractivity contribution in [1.29, 1.82) is 0 Å². The van der Waals surface area contributed by atoms with E-state index in [2.05, 4.69) is 50.1 Å². The summed E-state index contributed by atoms with van der Waals surface area (Å²) in [5.41, 5.74) is 2.79. The third kappa shape index (κ3) is 3.52. The molecule has 1 nitrogen and oxygen atoms in total. The summed E-state index contributed by atoms with van der Waals surface area (Å²) in [4.78, 5) is 3.22. The van der Waals surface area contributed by atoms with Crippen molar-refractivity contribution in [2.45, 2.75) is 23.9 Å². The second kappa shape index (κ2) is 7.07. The molecule has 1 aliphatic heterocycles. The molecule has 0 aliphatic carbocycles. The van der Waals surface area contributed by atoms with E-state index in [0.717, 1.165) is 10.2 Å². The number of rotatable bonds is 4. The van der Waals surface area contributed by atoms with Crippen molar-refractivity contribution >= 4 is 55.0 Å². The maximum atomic E-state index is 5.58. The molecule has 21 heavy (non-hydrogen) atoms. The van der Waals surface area contributed by atoms with Crippen LogP contribution in [0.25, 0.3) is 0 Å². The van der Waals surface area contributed by atoms with Crippen molar-refractivity contribution in [2.75, 3.05) is 12.4 Å². The molecule has 1 atom stereocenters. The highest BCUT2D eigenvalue weighted by atomic mass is 79.9. The molecule has 0 radical (unpaired) electrons. The van der Waals surface area contributed by atoms with E-state index in [1.807, 2.05) is 36.1 Å². The number of alkyl halides is 1. The highest BCUT2D eigenvalue weighted by Crippen LogP contribution is 2.41. The number of thiophene rings is 1. The van der Waals surface area contributed by atoms with Crippen LogP contribution in [0.15, 0.2) is 28.7 Å². The van der Waals surface area contributed by atoms with Gasteiger partial charge in [-0.1, -0.05) is 22.0 Å². The molecule has 2 aromatic rings. The predicted octanol–water partition coefficient (Wildman–Crippen LogP) is 6.18. The molecule has 0 saturated carbocycles. The van der Waals surface area contributed by atoms with Crippen molar-refractivity contribution in [3.05, 3.63) is 49.6 Å². The van der Waals surface area contributed by atoms with Gasteiger partial charge in [0.25, 0.3) is 0 Å². The molecule has 2 heterocycles. The number of benzene rings is 1. The average molecular weight is 448 g/mol. The van der Waals surface area contributed by atoms with Crippen LogP contribution in [-0.2, 0) is 12.2 Å². The molecule has 0 saturated heterocycles. The minimum Gasteiger partial charge on any atom is -0.493 e. The summed E-state index contributed by atoms with van der Waals surface area (Å²) >= 11 is 11.4. The van der Waals surface area contributed by atoms with E-state index >= 15 is 0 Å². The van der Waals surface area contributed by atoms with Crippen LogP contribution in [0.3, 0.4) is 0 Å². The van der Waals surface area contributed by atoms with Gasteiger partial charge in [0, 0.05) is 15.5 Å². The van der Waals surface area contributed by atoms with Gasteiger partial charge in [0.2, 0.25) is 0 Å². The lowest BCUT2D eigenvalue weighted by molar-refractivity contribution is 0.338. The molecule has 0 fully saturated rings. The Morgan fingerprint density at radius 3 is 2.90 bits per heavy atom. The predicted molar refractivity (Wildman–Crippen MR) is 100 cm³/mol. The molecule has 0 spiro atoms. The van der Waals surface area contributed by atoms with Gasteiger partial charge >= 0.3 is 0 Å². The number of fused-ring (bicyclic) bond motifs is 1. The quantitative estimate of drug-likeness (QED) is 0.517. The lowest BCUT2D eigenvalue weighted by Gasteiger charge is -2.11. The van der Waals surface area contributed by atoms with E-state index in [-0.39, 0.29) is 4.83 Å². The van der Waals surface area contributed by atoms with Gasteiger partial charge in [0.05, 0.1) is 15.9 Å². The fourth-order valence-corrected chi connectivity index (χ4v) is 6.00. The zero-order valence-corrected chi connectivity index (χ0v) is 16.5. The van der Waals surface area contributed by atoms with Gasteiger partial charge in [-0.25, -0.2) is 0 Å². The molecule has 112 valence electrons. The molecule has 3 rings (SSSR count). The number of hydrogen-bond acceptors (Lipinski definition) is 3. The first-order chi connectivity index (χ1) is 10.2. The standard InChI is InChI=1S/C16H16Br2OS2/c1-2-19-13-4-3-10(7-12(13)17)16(18)15-8-11-9-20-6-5-14(11)21-15/h3-4,7-8,16H,2,5-6,9H2,1H3. The van der Waals surface area contributed by atoms with Crippen LogP contribution in [0, 0.1) is 0 Å². The third-order valence-corrected chi connectivity index (χ3v) is 7.70. The van der Waals surface area contributed by atoms with Gasteiger partial charge < -0.3 is 4.74 Å². The lowest BCUT2D eigenvalue weighted by atomic mass is 10.1. The molecular formula is C16H16Br2OS2. The normalized spacial score (nSPS) is 15.6. The fourth-order valence-electron chi connectivity index (χ4n) is 2.41. The van der Waals surface area contributed by atoms with Crippen LogP contribution < -0.4 is 4.74 Å². The maximum Gasteiger partial charge on any atom is 0.133 e. The van der Waals surface area contributed by atoms with Crippen LogP contribution in [0.5, 0.6) is 5.75 Å². The molecule has 1 aromatic heterocycles. The summed E-state index contributed by atoms with van der Waals surface area (Å²) in [7, 11) is 0. The lowest BCUT2D eigenvalue weighted by Crippen LogP contribution is -1.96. The summed E-state index contributed by atoms with van der Waals surface area (Å²) in [6, 6.07) is 8.71. The zero-order chi connectivity index (χ0) is 14.8. The summed E-state index contributed by atoms with van der Waals surface area (Å²) < 4.78 is 6.60. The van der Waals surface area contributed by atoms with Gasteiger partial charge in [-0.3, -0.25) is 0 Å². The van der Waals surface area contributed by atoms with E-state index in [4.69, 9.17) is 4.74 Å². The summed E-state index contributed by atoms with van der Waals surface area (Å²) in [5, 5.41) is 0. The summed E-state index contributed by atoms with van der Waals surface area (Å²) in [5.74, 6) is 3.33. The van der Waals surface area contributed by atoms with Crippen LogP contribution in [-0.4, -0.2) is 12.4 Å². The van der Waals surface area contributed by atoms with Crippen LogP contribution in [0.4, 0.5) is 0 Å². The first-order valence-electron chi connectivity index (χ1n) is 6.94. The number of ether oxygens (including phenoxy) is 1. The van der Waals surface area contributed by atoms with E-state index in [9.17, 15) is 0 Å². The van der Waals surface area contributed by atoms with Gasteiger partial charge in [-0.05, 0) is 64.4 Å². The molecule has 5 heteroatoms. The second-order valence-corrected chi connectivity index (χ2v) is 8.93. The average Bonchev–Trinajstić information content (AvgIpc) is 2.92. The first-order valence-corrected chi connectivity index (χ1v) is 10.6. The van der Waals surface area contributed by atoms with E-state index < -0.39 is 0 Å².